The summed E-state index contributed by atoms with van der Waals surface area (Å²) in [6.45, 7) is 0.418. The Morgan fingerprint density at radius 3 is 2.39 bits per heavy atom. The van der Waals surface area contributed by atoms with Crippen molar-refractivity contribution < 1.29 is 19.2 Å². The number of urea groups is 1. The van der Waals surface area contributed by atoms with Crippen molar-refractivity contribution in [1.29, 1.82) is 0 Å². The number of nitrogens with one attached hydrogen (secondary N) is 2. The molecule has 2 fully saturated rings. The first-order valence-corrected chi connectivity index (χ1v) is 15.1. The van der Waals surface area contributed by atoms with Gasteiger partial charge >= 0.3 is 6.03 Å². The Morgan fingerprint density at radius 1 is 0.935 bits per heavy atom. The molecule has 2 heterocycles. The van der Waals surface area contributed by atoms with Crippen LogP contribution in [-0.2, 0) is 22.6 Å². The van der Waals surface area contributed by atoms with Crippen LogP contribution in [0.5, 0.6) is 0 Å². The molecular weight excluding hydrogens is 580 g/mol. The van der Waals surface area contributed by atoms with E-state index in [0.717, 1.165) is 21.9 Å². The number of nitrogens with zero attached hydrogens (tertiary/aromatic N) is 4. The maximum atomic E-state index is 14.3. The summed E-state index contributed by atoms with van der Waals surface area (Å²) in [6, 6.07) is 29.0. The quantitative estimate of drug-likeness (QED) is 0.295. The van der Waals surface area contributed by atoms with Crippen molar-refractivity contribution in [3.63, 3.8) is 0 Å². The van der Waals surface area contributed by atoms with E-state index in [2.05, 4.69) is 16.6 Å². The molecule has 0 aromatic heterocycles. The molecule has 46 heavy (non-hydrogen) atoms. The van der Waals surface area contributed by atoms with Crippen molar-refractivity contribution in [1.82, 2.24) is 25.1 Å². The molecule has 5 amide bonds. The zero-order chi connectivity index (χ0) is 32.2. The first kappa shape index (κ1) is 30.4. The zero-order valence-electron chi connectivity index (χ0n) is 25.4. The third-order valence-corrected chi connectivity index (χ3v) is 8.48. The van der Waals surface area contributed by atoms with Crippen molar-refractivity contribution in [2.45, 2.75) is 25.2 Å². The Hall–Kier alpha value is -5.66. The fourth-order valence-electron chi connectivity index (χ4n) is 6.26. The molecule has 0 unspecified atom stereocenters. The Labute approximate surface area is 267 Å². The van der Waals surface area contributed by atoms with Crippen molar-refractivity contribution in [2.24, 2.45) is 0 Å². The molecule has 0 bridgehead atoms. The maximum Gasteiger partial charge on any atom is 0.332 e. The highest BCUT2D eigenvalue weighted by atomic mass is 16.2. The van der Waals surface area contributed by atoms with Gasteiger partial charge in [-0.1, -0.05) is 78.7 Å². The summed E-state index contributed by atoms with van der Waals surface area (Å²) in [5.41, 5.74) is 2.96. The smallest absolute Gasteiger partial charge is 0.332 e. The van der Waals surface area contributed by atoms with E-state index in [-0.39, 0.29) is 43.8 Å². The average Bonchev–Trinajstić information content (AvgIpc) is 3.41. The van der Waals surface area contributed by atoms with Crippen molar-refractivity contribution in [3.8, 4) is 12.3 Å². The van der Waals surface area contributed by atoms with Gasteiger partial charge in [0.1, 0.15) is 12.2 Å². The first-order valence-electron chi connectivity index (χ1n) is 15.1. The van der Waals surface area contributed by atoms with Crippen molar-refractivity contribution in [3.05, 3.63) is 114 Å². The van der Waals surface area contributed by atoms with Gasteiger partial charge in [0.25, 0.3) is 5.91 Å². The van der Waals surface area contributed by atoms with E-state index in [4.69, 9.17) is 6.42 Å². The Balaban J connectivity index is 1.29. The molecular formula is C36H34N6O4. The highest BCUT2D eigenvalue weighted by Crippen LogP contribution is 2.31. The van der Waals surface area contributed by atoms with Gasteiger partial charge < -0.3 is 20.4 Å². The van der Waals surface area contributed by atoms with Crippen LogP contribution in [0.2, 0.25) is 0 Å². The molecule has 2 aliphatic heterocycles. The number of anilines is 1. The molecule has 0 radical (unpaired) electrons. The Kier molecular flexibility index (Phi) is 8.68. The lowest BCUT2D eigenvalue weighted by Gasteiger charge is -2.46. The largest absolute Gasteiger partial charge is 0.340 e. The lowest BCUT2D eigenvalue weighted by Crippen LogP contribution is -2.66. The van der Waals surface area contributed by atoms with Crippen molar-refractivity contribution >= 4 is 40.2 Å². The van der Waals surface area contributed by atoms with Crippen LogP contribution in [0.25, 0.3) is 10.8 Å². The summed E-state index contributed by atoms with van der Waals surface area (Å²) in [4.78, 5) is 56.7. The van der Waals surface area contributed by atoms with Crippen LogP contribution >= 0.6 is 0 Å². The van der Waals surface area contributed by atoms with Gasteiger partial charge in [-0.3, -0.25) is 14.4 Å². The minimum atomic E-state index is -0.812. The number of piperazine rings is 1. The third kappa shape index (κ3) is 6.01. The minimum Gasteiger partial charge on any atom is -0.340 e. The van der Waals surface area contributed by atoms with Gasteiger partial charge in [-0.2, -0.15) is 5.01 Å². The summed E-state index contributed by atoms with van der Waals surface area (Å²) in [6.07, 6.45) is 5.27. The van der Waals surface area contributed by atoms with E-state index < -0.39 is 18.2 Å². The molecule has 0 saturated carbocycles. The van der Waals surface area contributed by atoms with Crippen LogP contribution in [0.3, 0.4) is 0 Å². The van der Waals surface area contributed by atoms with Gasteiger partial charge in [0.15, 0.2) is 0 Å². The molecule has 10 nitrogen and oxygen atoms in total. The number of rotatable bonds is 8. The summed E-state index contributed by atoms with van der Waals surface area (Å²) in [7, 11) is 1.51. The van der Waals surface area contributed by atoms with Crippen molar-refractivity contribution in [2.75, 3.05) is 32.0 Å². The predicted octanol–water partition coefficient (Wildman–Crippen LogP) is 3.71. The number of fused-ring (bicyclic) bond motifs is 2. The summed E-state index contributed by atoms with van der Waals surface area (Å²) in [5, 5.41) is 10.6. The molecule has 0 spiro atoms. The number of hydrazine groups is 1. The van der Waals surface area contributed by atoms with Crippen LogP contribution in [0.15, 0.2) is 97.1 Å². The van der Waals surface area contributed by atoms with E-state index >= 15 is 0 Å². The molecule has 4 aromatic rings. The van der Waals surface area contributed by atoms with Crippen LogP contribution in [0.4, 0.5) is 10.5 Å². The molecule has 10 heteroatoms. The Morgan fingerprint density at radius 2 is 1.65 bits per heavy atom. The third-order valence-electron chi connectivity index (χ3n) is 8.48. The second-order valence-electron chi connectivity index (χ2n) is 11.3. The SMILES string of the molecule is C#CCN(C(=O)NC)N1CC(=O)N2[C@@H](Cc3ccc(NC(=O)c4ccccc4)cc3)C(=O)N(Cc3cccc4ccccc34)C[C@@H]21. The van der Waals surface area contributed by atoms with Gasteiger partial charge in [0.2, 0.25) is 11.8 Å². The summed E-state index contributed by atoms with van der Waals surface area (Å²) in [5.74, 6) is 1.85. The highest BCUT2D eigenvalue weighted by molar-refractivity contribution is 6.04. The molecule has 2 saturated heterocycles. The number of carbonyl (C=O) groups is 4. The number of benzene rings is 4. The van der Waals surface area contributed by atoms with Gasteiger partial charge in [0.05, 0.1) is 19.6 Å². The van der Waals surface area contributed by atoms with Gasteiger partial charge in [-0.15, -0.1) is 6.42 Å². The van der Waals surface area contributed by atoms with E-state index in [0.29, 0.717) is 17.8 Å². The maximum absolute atomic E-state index is 14.3. The lowest BCUT2D eigenvalue weighted by atomic mass is 9.98. The Bertz CT molecular complexity index is 1810. The molecule has 0 aliphatic carbocycles. The van der Waals surface area contributed by atoms with Gasteiger partial charge in [-0.05, 0) is 46.2 Å². The van der Waals surface area contributed by atoms with E-state index in [1.54, 1.807) is 51.2 Å². The van der Waals surface area contributed by atoms with E-state index in [9.17, 15) is 19.2 Å². The van der Waals surface area contributed by atoms with Gasteiger partial charge in [0, 0.05) is 31.3 Å². The minimum absolute atomic E-state index is 0.0323. The van der Waals surface area contributed by atoms with Crippen LogP contribution in [0, 0.1) is 12.3 Å². The summed E-state index contributed by atoms with van der Waals surface area (Å²) < 4.78 is 0. The second kappa shape index (κ2) is 13.1. The average molecular weight is 615 g/mol. The molecule has 2 N–H and O–H groups in total. The lowest BCUT2D eigenvalue weighted by molar-refractivity contribution is -0.157. The molecule has 6 rings (SSSR count). The second-order valence-corrected chi connectivity index (χ2v) is 11.3. The van der Waals surface area contributed by atoms with Crippen LogP contribution < -0.4 is 10.6 Å². The zero-order valence-corrected chi connectivity index (χ0v) is 25.4. The van der Waals surface area contributed by atoms with E-state index in [1.807, 2.05) is 60.7 Å². The fourth-order valence-corrected chi connectivity index (χ4v) is 6.26. The number of terminal acetylenes is 1. The molecule has 2 atom stereocenters. The van der Waals surface area contributed by atoms with Crippen LogP contribution in [-0.4, -0.2) is 82.5 Å². The van der Waals surface area contributed by atoms with Crippen LogP contribution in [0.1, 0.15) is 21.5 Å². The fraction of sp³-hybridized carbons (Fsp3) is 0.222. The predicted molar refractivity (Wildman–Crippen MR) is 175 cm³/mol. The first-order chi connectivity index (χ1) is 22.4. The number of hydrogen-bond acceptors (Lipinski definition) is 5. The van der Waals surface area contributed by atoms with E-state index in [1.165, 1.54) is 12.1 Å². The normalized spacial score (nSPS) is 17.8. The standard InChI is InChI=1S/C36H34N6O4/c1-3-20-40(36(46)37-2)41-24-33(43)42-31(21-25-16-18-29(19-17-25)38-34(44)27-11-5-4-6-12-27)35(45)39(23-32(41)42)22-28-14-9-13-26-10-7-8-15-30(26)28/h1,4-19,31-32H,20-24H2,2H3,(H,37,46)(H,38,44)/t31-,32+/m0/s1. The van der Waals surface area contributed by atoms with Gasteiger partial charge in [-0.25, -0.2) is 9.80 Å². The number of carbonyl (C=O) groups excluding carboxylic acids is 4. The summed E-state index contributed by atoms with van der Waals surface area (Å²) >= 11 is 0. The number of amides is 5. The topological polar surface area (TPSA) is 105 Å². The molecule has 2 aliphatic rings. The molecule has 4 aromatic carbocycles. The monoisotopic (exact) mass is 614 g/mol. The molecule has 232 valence electrons. The highest BCUT2D eigenvalue weighted by Gasteiger charge is 2.52. The number of hydrogen-bond donors (Lipinski definition) is 2.